The van der Waals surface area contributed by atoms with Gasteiger partial charge in [-0.3, -0.25) is 0 Å². The summed E-state index contributed by atoms with van der Waals surface area (Å²) < 4.78 is 26.4. The summed E-state index contributed by atoms with van der Waals surface area (Å²) >= 11 is 0. The third-order valence-corrected chi connectivity index (χ3v) is 5.09. The second-order valence-electron chi connectivity index (χ2n) is 4.32. The molecule has 1 aliphatic carbocycles. The van der Waals surface area contributed by atoms with E-state index in [-0.39, 0.29) is 12.6 Å². The van der Waals surface area contributed by atoms with E-state index in [1.54, 1.807) is 0 Å². The topological polar surface area (TPSA) is 72.2 Å². The lowest BCUT2D eigenvalue weighted by atomic mass is 10.2. The zero-order valence-corrected chi connectivity index (χ0v) is 10.4. The molecule has 0 saturated heterocycles. The van der Waals surface area contributed by atoms with Gasteiger partial charge in [0.05, 0.1) is 5.25 Å². The van der Waals surface area contributed by atoms with E-state index in [0.717, 1.165) is 19.3 Å². The predicted octanol–water partition coefficient (Wildman–Crippen LogP) is 0.832. The highest BCUT2D eigenvalue weighted by atomic mass is 32.2. The standard InChI is InChI=1S/C10H22N2O2S/c1-3-5-8-6-10(8)12-15(13,14)9(4-2)7-11/h8-10,12H,3-7,11H2,1-2H3. The lowest BCUT2D eigenvalue weighted by molar-refractivity contribution is 0.554. The maximum Gasteiger partial charge on any atom is 0.215 e. The number of nitrogens with one attached hydrogen (secondary N) is 1. The van der Waals surface area contributed by atoms with E-state index in [0.29, 0.717) is 12.3 Å². The molecule has 3 N–H and O–H groups in total. The Morgan fingerprint density at radius 1 is 1.47 bits per heavy atom. The van der Waals surface area contributed by atoms with Crippen LogP contribution in [0.3, 0.4) is 0 Å². The highest BCUT2D eigenvalue weighted by molar-refractivity contribution is 7.90. The molecule has 4 nitrogen and oxygen atoms in total. The summed E-state index contributed by atoms with van der Waals surface area (Å²) in [6, 6.07) is 0.176. The Bertz CT molecular complexity index is 286. The number of hydrogen-bond donors (Lipinski definition) is 2. The Balaban J connectivity index is 2.44. The van der Waals surface area contributed by atoms with E-state index in [9.17, 15) is 8.42 Å². The Morgan fingerprint density at radius 3 is 2.60 bits per heavy atom. The van der Waals surface area contributed by atoms with Crippen LogP contribution < -0.4 is 10.5 Å². The van der Waals surface area contributed by atoms with Gasteiger partial charge in [-0.15, -0.1) is 0 Å². The summed E-state index contributed by atoms with van der Waals surface area (Å²) in [6.07, 6.45) is 3.81. The molecule has 0 aromatic rings. The molecule has 0 aromatic heterocycles. The first-order chi connectivity index (χ1) is 7.05. The van der Waals surface area contributed by atoms with Crippen LogP contribution in [0.4, 0.5) is 0 Å². The van der Waals surface area contributed by atoms with E-state index < -0.39 is 15.3 Å². The van der Waals surface area contributed by atoms with E-state index >= 15 is 0 Å². The van der Waals surface area contributed by atoms with Crippen molar-refractivity contribution in [2.24, 2.45) is 11.7 Å². The minimum absolute atomic E-state index is 0.176. The van der Waals surface area contributed by atoms with Crippen LogP contribution in [0, 0.1) is 5.92 Å². The first-order valence-electron chi connectivity index (χ1n) is 5.76. The van der Waals surface area contributed by atoms with Crippen molar-refractivity contribution in [3.05, 3.63) is 0 Å². The van der Waals surface area contributed by atoms with Crippen LogP contribution in [0.25, 0.3) is 0 Å². The third-order valence-electron chi connectivity index (χ3n) is 3.05. The third kappa shape index (κ3) is 3.43. The number of rotatable bonds is 7. The van der Waals surface area contributed by atoms with Gasteiger partial charge in [-0.25, -0.2) is 13.1 Å². The number of hydrogen-bond acceptors (Lipinski definition) is 3. The fourth-order valence-corrected chi connectivity index (χ4v) is 3.50. The molecule has 1 fully saturated rings. The zero-order valence-electron chi connectivity index (χ0n) is 9.57. The van der Waals surface area contributed by atoms with Gasteiger partial charge in [0, 0.05) is 12.6 Å². The quantitative estimate of drug-likeness (QED) is 0.685. The van der Waals surface area contributed by atoms with Gasteiger partial charge in [0.1, 0.15) is 0 Å². The molecule has 1 rings (SSSR count). The van der Waals surface area contributed by atoms with Crippen LogP contribution >= 0.6 is 0 Å². The molecule has 3 unspecified atom stereocenters. The van der Waals surface area contributed by atoms with Gasteiger partial charge >= 0.3 is 0 Å². The molecule has 0 aromatic carbocycles. The van der Waals surface area contributed by atoms with Gasteiger partial charge in [-0.2, -0.15) is 0 Å². The molecule has 0 aliphatic heterocycles. The van der Waals surface area contributed by atoms with Crippen molar-refractivity contribution in [1.82, 2.24) is 4.72 Å². The SMILES string of the molecule is CCCC1CC1NS(=O)(=O)C(CC)CN. The lowest BCUT2D eigenvalue weighted by Gasteiger charge is -2.14. The fraction of sp³-hybridized carbons (Fsp3) is 1.00. The van der Waals surface area contributed by atoms with Crippen molar-refractivity contribution in [1.29, 1.82) is 0 Å². The maximum absolute atomic E-state index is 11.8. The monoisotopic (exact) mass is 234 g/mol. The Hall–Kier alpha value is -0.130. The second-order valence-corrected chi connectivity index (χ2v) is 6.31. The van der Waals surface area contributed by atoms with Gasteiger partial charge in [0.25, 0.3) is 0 Å². The van der Waals surface area contributed by atoms with Crippen molar-refractivity contribution in [3.63, 3.8) is 0 Å². The first-order valence-corrected chi connectivity index (χ1v) is 7.31. The Morgan fingerprint density at radius 2 is 2.13 bits per heavy atom. The van der Waals surface area contributed by atoms with Gasteiger partial charge in [0.15, 0.2) is 0 Å². The summed E-state index contributed by atoms with van der Waals surface area (Å²) in [7, 11) is -3.19. The Labute approximate surface area is 92.7 Å². The minimum atomic E-state index is -3.19. The highest BCUT2D eigenvalue weighted by Crippen LogP contribution is 2.35. The maximum atomic E-state index is 11.8. The smallest absolute Gasteiger partial charge is 0.215 e. The van der Waals surface area contributed by atoms with E-state index in [1.807, 2.05) is 6.92 Å². The molecule has 15 heavy (non-hydrogen) atoms. The molecule has 1 saturated carbocycles. The molecule has 0 radical (unpaired) electrons. The summed E-state index contributed by atoms with van der Waals surface area (Å²) in [5, 5.41) is -0.430. The molecule has 1 aliphatic rings. The molecule has 0 heterocycles. The number of nitrogens with two attached hydrogens (primary N) is 1. The zero-order chi connectivity index (χ0) is 11.5. The largest absolute Gasteiger partial charge is 0.329 e. The van der Waals surface area contributed by atoms with E-state index in [2.05, 4.69) is 11.6 Å². The average molecular weight is 234 g/mol. The average Bonchev–Trinajstić information content (AvgIpc) is 2.84. The highest BCUT2D eigenvalue weighted by Gasteiger charge is 2.40. The summed E-state index contributed by atoms with van der Waals surface area (Å²) in [6.45, 7) is 4.18. The van der Waals surface area contributed by atoms with E-state index in [4.69, 9.17) is 5.73 Å². The minimum Gasteiger partial charge on any atom is -0.329 e. The Kier molecular flexibility index (Phi) is 4.55. The molecule has 0 bridgehead atoms. The van der Waals surface area contributed by atoms with Crippen molar-refractivity contribution in [2.75, 3.05) is 6.54 Å². The molecule has 3 atom stereocenters. The van der Waals surface area contributed by atoms with Crippen LogP contribution in [0.15, 0.2) is 0 Å². The molecule has 5 heteroatoms. The van der Waals surface area contributed by atoms with Gasteiger partial charge < -0.3 is 5.73 Å². The fourth-order valence-electron chi connectivity index (χ4n) is 1.90. The van der Waals surface area contributed by atoms with Gasteiger partial charge in [-0.1, -0.05) is 20.3 Å². The van der Waals surface area contributed by atoms with Crippen molar-refractivity contribution < 1.29 is 8.42 Å². The van der Waals surface area contributed by atoms with Crippen LogP contribution in [0.1, 0.15) is 39.5 Å². The molecule has 90 valence electrons. The molecule has 0 spiro atoms. The van der Waals surface area contributed by atoms with E-state index in [1.165, 1.54) is 0 Å². The predicted molar refractivity (Wildman–Crippen MR) is 62.0 cm³/mol. The van der Waals surface area contributed by atoms with Crippen molar-refractivity contribution in [2.45, 2.75) is 50.8 Å². The van der Waals surface area contributed by atoms with Gasteiger partial charge in [-0.05, 0) is 25.2 Å². The lowest BCUT2D eigenvalue weighted by Crippen LogP contribution is -2.40. The van der Waals surface area contributed by atoms with Crippen molar-refractivity contribution in [3.8, 4) is 0 Å². The molecular weight excluding hydrogens is 212 g/mol. The second kappa shape index (κ2) is 5.27. The van der Waals surface area contributed by atoms with Gasteiger partial charge in [0.2, 0.25) is 10.0 Å². The van der Waals surface area contributed by atoms with Crippen LogP contribution in [0.5, 0.6) is 0 Å². The summed E-state index contributed by atoms with van der Waals surface area (Å²) in [5.41, 5.74) is 5.44. The normalized spacial score (nSPS) is 27.7. The molecule has 0 amide bonds. The first kappa shape index (κ1) is 12.9. The van der Waals surface area contributed by atoms with Crippen molar-refractivity contribution >= 4 is 10.0 Å². The summed E-state index contributed by atoms with van der Waals surface area (Å²) in [4.78, 5) is 0. The molecular formula is C10H22N2O2S. The van der Waals surface area contributed by atoms with Crippen LogP contribution in [0.2, 0.25) is 0 Å². The van der Waals surface area contributed by atoms with Crippen LogP contribution in [-0.2, 0) is 10.0 Å². The summed E-state index contributed by atoms with van der Waals surface area (Å²) in [5.74, 6) is 0.556. The number of sulfonamides is 1. The van der Waals surface area contributed by atoms with Crippen LogP contribution in [-0.4, -0.2) is 26.3 Å².